The summed E-state index contributed by atoms with van der Waals surface area (Å²) >= 11 is 0. The highest BCUT2D eigenvalue weighted by Gasteiger charge is 2.28. The zero-order valence-electron chi connectivity index (χ0n) is 22.4. The van der Waals surface area contributed by atoms with Crippen LogP contribution in [0, 0.1) is 0 Å². The minimum absolute atomic E-state index is 0.0828. The fraction of sp³-hybridized carbons (Fsp3) is 0.448. The Hall–Kier alpha value is -3.56. The molecule has 1 aliphatic heterocycles. The summed E-state index contributed by atoms with van der Waals surface area (Å²) in [4.78, 5) is 18.6. The molecule has 0 saturated carbocycles. The number of para-hydroxylation sites is 1. The van der Waals surface area contributed by atoms with Crippen molar-refractivity contribution in [3.8, 4) is 5.75 Å². The van der Waals surface area contributed by atoms with Gasteiger partial charge in [0.2, 0.25) is 0 Å². The Morgan fingerprint density at radius 3 is 2.76 bits per heavy atom. The van der Waals surface area contributed by atoms with Crippen molar-refractivity contribution < 1.29 is 9.47 Å². The molecule has 9 nitrogen and oxygen atoms in total. The highest BCUT2D eigenvalue weighted by molar-refractivity contribution is 5.79. The molecule has 0 spiro atoms. The number of aromatic amines is 1. The van der Waals surface area contributed by atoms with Gasteiger partial charge < -0.3 is 14.5 Å². The maximum atomic E-state index is 13.2. The molecule has 9 heteroatoms. The summed E-state index contributed by atoms with van der Waals surface area (Å²) < 4.78 is 13.4. The second-order valence-corrected chi connectivity index (χ2v) is 9.89. The zero-order chi connectivity index (χ0) is 26.5. The topological polar surface area (TPSA) is 98.2 Å². The van der Waals surface area contributed by atoms with Gasteiger partial charge >= 0.3 is 0 Å². The van der Waals surface area contributed by atoms with Crippen molar-refractivity contribution in [3.05, 3.63) is 81.4 Å². The number of pyridine rings is 1. The lowest BCUT2D eigenvalue weighted by molar-refractivity contribution is 0.0887. The van der Waals surface area contributed by atoms with Crippen LogP contribution < -0.4 is 10.3 Å². The monoisotopic (exact) mass is 516 g/mol. The van der Waals surface area contributed by atoms with E-state index in [1.54, 1.807) is 7.11 Å². The molecule has 1 saturated heterocycles. The minimum Gasteiger partial charge on any atom is -0.496 e. The second-order valence-electron chi connectivity index (χ2n) is 9.89. The standard InChI is InChI=1S/C29H36N6O3/c1-4-20-12-13-25-22(15-20)16-23(29(36)30-25)18-34(17-21-9-6-7-11-27(21)37-3)26(5-2)28-31-32-33-35(28)19-24-10-8-14-38-24/h6-7,9,11-13,15-16,24,26H,4-5,8,10,14,17-19H2,1-3H3,(H,30,36)/t24-,26+/m1/s1. The molecule has 200 valence electrons. The van der Waals surface area contributed by atoms with Gasteiger partial charge in [-0.2, -0.15) is 0 Å². The van der Waals surface area contributed by atoms with E-state index in [0.717, 1.165) is 60.3 Å². The Morgan fingerprint density at radius 2 is 2.00 bits per heavy atom. The summed E-state index contributed by atoms with van der Waals surface area (Å²) in [5.41, 5.74) is 3.75. The van der Waals surface area contributed by atoms with Gasteiger partial charge in [-0.05, 0) is 71.3 Å². The molecule has 0 amide bonds. The highest BCUT2D eigenvalue weighted by atomic mass is 16.5. The molecule has 1 aliphatic rings. The molecule has 1 N–H and O–H groups in total. The molecule has 2 atom stereocenters. The van der Waals surface area contributed by atoms with E-state index >= 15 is 0 Å². The predicted molar refractivity (Wildman–Crippen MR) is 146 cm³/mol. The summed E-state index contributed by atoms with van der Waals surface area (Å²) in [5, 5.41) is 13.8. The first-order valence-electron chi connectivity index (χ1n) is 13.5. The third kappa shape index (κ3) is 5.63. The lowest BCUT2D eigenvalue weighted by atomic mass is 10.1. The van der Waals surface area contributed by atoms with Gasteiger partial charge in [0.15, 0.2) is 5.82 Å². The molecular weight excluding hydrogens is 480 g/mol. The number of nitrogens with zero attached hydrogens (tertiary/aromatic N) is 5. The summed E-state index contributed by atoms with van der Waals surface area (Å²) in [6.07, 6.45) is 3.90. The van der Waals surface area contributed by atoms with Gasteiger partial charge in [0.05, 0.1) is 25.8 Å². The first kappa shape index (κ1) is 26.1. The molecule has 0 aliphatic carbocycles. The van der Waals surface area contributed by atoms with Crippen LogP contribution in [-0.4, -0.2) is 49.9 Å². The van der Waals surface area contributed by atoms with Crippen LogP contribution in [0.1, 0.15) is 61.7 Å². The van der Waals surface area contributed by atoms with E-state index in [4.69, 9.17) is 9.47 Å². The van der Waals surface area contributed by atoms with E-state index in [2.05, 4.69) is 57.5 Å². The minimum atomic E-state index is -0.117. The number of aryl methyl sites for hydroxylation is 1. The van der Waals surface area contributed by atoms with E-state index in [9.17, 15) is 4.79 Å². The molecule has 2 aromatic heterocycles. The van der Waals surface area contributed by atoms with Crippen molar-refractivity contribution >= 4 is 10.9 Å². The number of hydrogen-bond donors (Lipinski definition) is 1. The van der Waals surface area contributed by atoms with Crippen molar-refractivity contribution in [1.82, 2.24) is 30.1 Å². The van der Waals surface area contributed by atoms with E-state index in [-0.39, 0.29) is 17.7 Å². The Bertz CT molecular complexity index is 1430. The van der Waals surface area contributed by atoms with E-state index in [0.29, 0.717) is 25.2 Å². The fourth-order valence-electron chi connectivity index (χ4n) is 5.35. The van der Waals surface area contributed by atoms with Crippen molar-refractivity contribution in [3.63, 3.8) is 0 Å². The molecular formula is C29H36N6O3. The van der Waals surface area contributed by atoms with Crippen LogP contribution >= 0.6 is 0 Å². The number of ether oxygens (including phenoxy) is 2. The molecule has 1 fully saturated rings. The molecule has 0 radical (unpaired) electrons. The van der Waals surface area contributed by atoms with Crippen molar-refractivity contribution in [1.29, 1.82) is 0 Å². The fourth-order valence-corrected chi connectivity index (χ4v) is 5.35. The molecule has 2 aromatic carbocycles. The maximum absolute atomic E-state index is 13.2. The Labute approximate surface area is 222 Å². The predicted octanol–water partition coefficient (Wildman–Crippen LogP) is 4.42. The average Bonchev–Trinajstić information content (AvgIpc) is 3.62. The van der Waals surface area contributed by atoms with Crippen LogP contribution in [0.15, 0.2) is 53.3 Å². The summed E-state index contributed by atoms with van der Waals surface area (Å²) in [6.45, 7) is 6.67. The number of tetrazole rings is 1. The first-order chi connectivity index (χ1) is 18.6. The van der Waals surface area contributed by atoms with Crippen LogP contribution in [0.3, 0.4) is 0 Å². The molecule has 0 unspecified atom stereocenters. The zero-order valence-corrected chi connectivity index (χ0v) is 22.4. The van der Waals surface area contributed by atoms with Gasteiger partial charge in [-0.15, -0.1) is 5.10 Å². The van der Waals surface area contributed by atoms with Crippen LogP contribution in [0.5, 0.6) is 5.75 Å². The number of benzene rings is 2. The quantitative estimate of drug-likeness (QED) is 0.315. The normalized spacial score (nSPS) is 16.4. The Kier molecular flexibility index (Phi) is 8.14. The second kappa shape index (κ2) is 11.9. The largest absolute Gasteiger partial charge is 0.496 e. The molecule has 4 aromatic rings. The van der Waals surface area contributed by atoms with Gasteiger partial charge in [-0.25, -0.2) is 4.68 Å². The van der Waals surface area contributed by atoms with Crippen LogP contribution in [0.2, 0.25) is 0 Å². The van der Waals surface area contributed by atoms with Gasteiger partial charge in [0, 0.05) is 36.3 Å². The summed E-state index contributed by atoms with van der Waals surface area (Å²) in [6, 6.07) is 16.1. The first-order valence-corrected chi connectivity index (χ1v) is 13.5. The molecule has 0 bridgehead atoms. The summed E-state index contributed by atoms with van der Waals surface area (Å²) in [7, 11) is 1.68. The van der Waals surface area contributed by atoms with Gasteiger partial charge in [-0.1, -0.05) is 38.1 Å². The van der Waals surface area contributed by atoms with Gasteiger partial charge in [0.1, 0.15) is 5.75 Å². The van der Waals surface area contributed by atoms with E-state index < -0.39 is 0 Å². The Morgan fingerprint density at radius 1 is 1.16 bits per heavy atom. The average molecular weight is 517 g/mol. The SMILES string of the molecule is CCc1ccc2[nH]c(=O)c(CN(Cc3ccccc3OC)[C@@H](CC)c3nnnn3C[C@H]3CCCO3)cc2c1. The highest BCUT2D eigenvalue weighted by Crippen LogP contribution is 2.30. The lowest BCUT2D eigenvalue weighted by Gasteiger charge is -2.31. The maximum Gasteiger partial charge on any atom is 0.252 e. The third-order valence-corrected chi connectivity index (χ3v) is 7.42. The van der Waals surface area contributed by atoms with E-state index in [1.165, 1.54) is 5.56 Å². The number of rotatable bonds is 11. The van der Waals surface area contributed by atoms with Gasteiger partial charge in [0.25, 0.3) is 5.56 Å². The van der Waals surface area contributed by atoms with E-state index in [1.807, 2.05) is 35.0 Å². The number of methoxy groups -OCH3 is 1. The van der Waals surface area contributed by atoms with Crippen LogP contribution in [0.25, 0.3) is 10.9 Å². The lowest BCUT2D eigenvalue weighted by Crippen LogP contribution is -2.33. The van der Waals surface area contributed by atoms with Crippen molar-refractivity contribution in [2.24, 2.45) is 0 Å². The summed E-state index contributed by atoms with van der Waals surface area (Å²) in [5.74, 6) is 1.59. The number of hydrogen-bond acceptors (Lipinski definition) is 7. The van der Waals surface area contributed by atoms with Crippen molar-refractivity contribution in [2.45, 2.75) is 71.3 Å². The number of aromatic nitrogens is 5. The molecule has 5 rings (SSSR count). The third-order valence-electron chi connectivity index (χ3n) is 7.42. The number of fused-ring (bicyclic) bond motifs is 1. The molecule has 3 heterocycles. The van der Waals surface area contributed by atoms with Crippen LogP contribution in [0.4, 0.5) is 0 Å². The van der Waals surface area contributed by atoms with Crippen molar-refractivity contribution in [2.75, 3.05) is 13.7 Å². The molecule has 38 heavy (non-hydrogen) atoms. The number of H-pyrrole nitrogens is 1. The van der Waals surface area contributed by atoms with Crippen LogP contribution in [-0.2, 0) is 30.8 Å². The smallest absolute Gasteiger partial charge is 0.252 e. The Balaban J connectivity index is 1.53. The number of nitrogens with one attached hydrogen (secondary N) is 1. The van der Waals surface area contributed by atoms with Gasteiger partial charge in [-0.3, -0.25) is 9.69 Å².